The first-order valence-electron chi connectivity index (χ1n) is 13.1. The Morgan fingerprint density at radius 1 is 1.15 bits per heavy atom. The Morgan fingerprint density at radius 2 is 1.90 bits per heavy atom. The summed E-state index contributed by atoms with van der Waals surface area (Å²) < 4.78 is 29.0. The lowest BCUT2D eigenvalue weighted by atomic mass is 10.1. The predicted molar refractivity (Wildman–Crippen MR) is 159 cm³/mol. The molecule has 4 rings (SSSR count). The van der Waals surface area contributed by atoms with Gasteiger partial charge in [-0.3, -0.25) is 9.78 Å². The Bertz CT molecular complexity index is 1640. The lowest BCUT2D eigenvalue weighted by Gasteiger charge is -2.23. The fourth-order valence-corrected chi connectivity index (χ4v) is 6.50. The van der Waals surface area contributed by atoms with E-state index in [1.165, 1.54) is 29.1 Å². The van der Waals surface area contributed by atoms with Crippen LogP contribution in [0.4, 0.5) is 0 Å². The van der Waals surface area contributed by atoms with Gasteiger partial charge in [0.05, 0.1) is 23.8 Å². The van der Waals surface area contributed by atoms with E-state index in [4.69, 9.17) is 0 Å². The quantitative estimate of drug-likeness (QED) is 0.211. The number of rotatable bonds is 14. The highest BCUT2D eigenvalue weighted by Crippen LogP contribution is 2.18. The van der Waals surface area contributed by atoms with Crippen molar-refractivity contribution in [2.75, 3.05) is 18.8 Å². The van der Waals surface area contributed by atoms with Crippen LogP contribution in [0, 0.1) is 0 Å². The van der Waals surface area contributed by atoms with Gasteiger partial charge in [-0.2, -0.15) is 16.1 Å². The number of thioether (sulfide) groups is 1. The number of aromatic amines is 1. The first kappa shape index (κ1) is 30.2. The van der Waals surface area contributed by atoms with Crippen molar-refractivity contribution in [3.8, 4) is 5.69 Å². The molecule has 0 saturated heterocycles. The van der Waals surface area contributed by atoms with E-state index in [-0.39, 0.29) is 17.1 Å². The monoisotopic (exact) mass is 596 g/mol. The van der Waals surface area contributed by atoms with E-state index in [0.717, 1.165) is 9.87 Å². The molecule has 0 unspecified atom stereocenters. The lowest BCUT2D eigenvalue weighted by molar-refractivity contribution is -0.124. The molecule has 0 spiro atoms. The topological polar surface area (TPSA) is 147 Å². The molecule has 0 fully saturated rings. The molecule has 3 heterocycles. The molecule has 3 aromatic heterocycles. The molecule has 11 nitrogen and oxygen atoms in total. The first-order chi connectivity index (χ1) is 19.7. The Balaban J connectivity index is 1.38. The SMILES string of the molecule is CC(C)SCCN(CC(=O)N[C@H](C=O)CCc1ccc(-n2c(=O)[nH]c3cccnc32)cc1)S(=O)(=O)c1cccnc1. The third kappa shape index (κ3) is 7.69. The number of nitrogens with one attached hydrogen (secondary N) is 2. The van der Waals surface area contributed by atoms with Crippen molar-refractivity contribution in [3.63, 3.8) is 0 Å². The van der Waals surface area contributed by atoms with Gasteiger partial charge in [-0.05, 0) is 60.1 Å². The number of nitrogens with zero attached hydrogens (tertiary/aromatic N) is 4. The number of carbonyl (C=O) groups is 2. The fraction of sp³-hybridized carbons (Fsp3) is 0.321. The maximum absolute atomic E-state index is 13.2. The Labute approximate surface area is 242 Å². The maximum atomic E-state index is 13.2. The van der Waals surface area contributed by atoms with Gasteiger partial charge in [0.15, 0.2) is 5.65 Å². The number of carbonyl (C=O) groups excluding carboxylic acids is 2. The van der Waals surface area contributed by atoms with E-state index >= 15 is 0 Å². The Morgan fingerprint density at radius 3 is 2.59 bits per heavy atom. The van der Waals surface area contributed by atoms with Crippen LogP contribution in [0.15, 0.2) is 76.8 Å². The van der Waals surface area contributed by atoms with Crippen LogP contribution in [0.2, 0.25) is 0 Å². The molecule has 0 aliphatic heterocycles. The second-order valence-electron chi connectivity index (χ2n) is 9.60. The summed E-state index contributed by atoms with van der Waals surface area (Å²) in [7, 11) is -3.95. The summed E-state index contributed by atoms with van der Waals surface area (Å²) in [5.74, 6) is -0.0520. The molecular formula is C28H32N6O5S2. The van der Waals surface area contributed by atoms with Gasteiger partial charge in [0.1, 0.15) is 11.2 Å². The minimum Gasteiger partial charge on any atom is -0.345 e. The molecule has 2 N–H and O–H groups in total. The number of hydrogen-bond donors (Lipinski definition) is 2. The van der Waals surface area contributed by atoms with Crippen LogP contribution in [0.1, 0.15) is 25.8 Å². The van der Waals surface area contributed by atoms with Crippen LogP contribution in [0.25, 0.3) is 16.9 Å². The summed E-state index contributed by atoms with van der Waals surface area (Å²) >= 11 is 1.59. The van der Waals surface area contributed by atoms with Gasteiger partial charge in [-0.25, -0.2) is 22.8 Å². The molecule has 1 atom stereocenters. The number of benzene rings is 1. The van der Waals surface area contributed by atoms with E-state index in [9.17, 15) is 22.8 Å². The Kier molecular flexibility index (Phi) is 10.1. The van der Waals surface area contributed by atoms with Gasteiger partial charge in [0.25, 0.3) is 0 Å². The summed E-state index contributed by atoms with van der Waals surface area (Å²) in [6.07, 6.45) is 5.80. The number of H-pyrrole nitrogens is 1. The molecule has 0 bridgehead atoms. The van der Waals surface area contributed by atoms with Crippen molar-refractivity contribution in [2.45, 2.75) is 42.9 Å². The van der Waals surface area contributed by atoms with Crippen LogP contribution < -0.4 is 11.0 Å². The zero-order chi connectivity index (χ0) is 29.4. The zero-order valence-corrected chi connectivity index (χ0v) is 24.4. The molecule has 13 heteroatoms. The summed E-state index contributed by atoms with van der Waals surface area (Å²) in [5, 5.41) is 2.96. The van der Waals surface area contributed by atoms with Gasteiger partial charge >= 0.3 is 5.69 Å². The summed E-state index contributed by atoms with van der Waals surface area (Å²) in [6, 6.07) is 13.0. The predicted octanol–water partition coefficient (Wildman–Crippen LogP) is 2.56. The third-order valence-electron chi connectivity index (χ3n) is 6.28. The molecule has 0 saturated carbocycles. The van der Waals surface area contributed by atoms with Crippen molar-refractivity contribution in [1.29, 1.82) is 0 Å². The van der Waals surface area contributed by atoms with Crippen molar-refractivity contribution in [2.24, 2.45) is 0 Å². The minimum absolute atomic E-state index is 0.00316. The molecular weight excluding hydrogens is 564 g/mol. The normalized spacial score (nSPS) is 12.6. The highest BCUT2D eigenvalue weighted by Gasteiger charge is 2.27. The van der Waals surface area contributed by atoms with Gasteiger partial charge in [0.2, 0.25) is 15.9 Å². The third-order valence-corrected chi connectivity index (χ3v) is 9.19. The van der Waals surface area contributed by atoms with Crippen LogP contribution >= 0.6 is 11.8 Å². The number of aryl methyl sites for hydroxylation is 1. The standard InChI is InChI=1S/C28H32N6O5S2/c1-20(2)40-16-15-33(41(38,39)24-5-3-13-29-17-24)18-26(36)31-22(19-35)10-7-21-8-11-23(12-9-21)34-27-25(32-28(34)37)6-4-14-30-27/h3-6,8-9,11-14,17,19-20,22H,7,10,15-16,18H2,1-2H3,(H,31,36)(H,32,37)/t22-/m0/s1. The first-order valence-corrected chi connectivity index (χ1v) is 15.6. The highest BCUT2D eigenvalue weighted by molar-refractivity contribution is 7.99. The number of aldehydes is 1. The second-order valence-corrected chi connectivity index (χ2v) is 13.2. The van der Waals surface area contributed by atoms with E-state index in [1.54, 1.807) is 42.2 Å². The molecule has 216 valence electrons. The minimum atomic E-state index is -3.95. The zero-order valence-electron chi connectivity index (χ0n) is 22.8. The Hall–Kier alpha value is -3.81. The molecule has 0 aliphatic carbocycles. The van der Waals surface area contributed by atoms with Crippen molar-refractivity contribution in [1.82, 2.24) is 29.1 Å². The van der Waals surface area contributed by atoms with Crippen LogP contribution in [0.5, 0.6) is 0 Å². The fourth-order valence-electron chi connectivity index (χ4n) is 4.22. The molecule has 4 aromatic rings. The number of imidazole rings is 1. The van der Waals surface area contributed by atoms with E-state index in [1.807, 2.05) is 26.0 Å². The van der Waals surface area contributed by atoms with E-state index < -0.39 is 28.5 Å². The molecule has 1 aromatic carbocycles. The summed E-state index contributed by atoms with van der Waals surface area (Å²) in [4.78, 5) is 48.0. The van der Waals surface area contributed by atoms with Crippen molar-refractivity contribution in [3.05, 3.63) is 83.2 Å². The lowest BCUT2D eigenvalue weighted by Crippen LogP contribution is -2.45. The van der Waals surface area contributed by atoms with Gasteiger partial charge < -0.3 is 15.1 Å². The molecule has 0 aliphatic rings. The highest BCUT2D eigenvalue weighted by atomic mass is 32.2. The number of hydrogen-bond acceptors (Lipinski definition) is 8. The largest absolute Gasteiger partial charge is 0.345 e. The van der Waals surface area contributed by atoms with Crippen molar-refractivity contribution >= 4 is 45.1 Å². The average Bonchev–Trinajstić information content (AvgIpc) is 3.30. The summed E-state index contributed by atoms with van der Waals surface area (Å²) in [6.45, 7) is 3.75. The van der Waals surface area contributed by atoms with Crippen LogP contribution in [-0.4, -0.2) is 74.6 Å². The van der Waals surface area contributed by atoms with Gasteiger partial charge in [-0.1, -0.05) is 26.0 Å². The van der Waals surface area contributed by atoms with Crippen LogP contribution in [-0.2, 0) is 26.0 Å². The van der Waals surface area contributed by atoms with Gasteiger partial charge in [-0.15, -0.1) is 0 Å². The number of amides is 1. The van der Waals surface area contributed by atoms with Gasteiger partial charge in [0, 0.05) is 30.9 Å². The molecule has 41 heavy (non-hydrogen) atoms. The smallest absolute Gasteiger partial charge is 0.332 e. The van der Waals surface area contributed by atoms with E-state index in [0.29, 0.717) is 47.0 Å². The van der Waals surface area contributed by atoms with E-state index in [2.05, 4.69) is 20.3 Å². The number of pyridine rings is 2. The number of aromatic nitrogens is 4. The summed E-state index contributed by atoms with van der Waals surface area (Å²) in [5.41, 5.74) is 2.42. The van der Waals surface area contributed by atoms with Crippen LogP contribution in [0.3, 0.4) is 0 Å². The van der Waals surface area contributed by atoms with Crippen molar-refractivity contribution < 1.29 is 18.0 Å². The number of sulfonamides is 1. The number of fused-ring (bicyclic) bond motifs is 1. The average molecular weight is 597 g/mol. The molecule has 0 radical (unpaired) electrons. The molecule has 1 amide bonds. The maximum Gasteiger partial charge on any atom is 0.332 e. The second kappa shape index (κ2) is 13.7.